The lowest BCUT2D eigenvalue weighted by atomic mass is 10.1. The Bertz CT molecular complexity index is 780. The second kappa shape index (κ2) is 5.58. The third kappa shape index (κ3) is 2.67. The first-order valence-electron chi connectivity index (χ1n) is 6.43. The quantitative estimate of drug-likeness (QED) is 0.800. The van der Waals surface area contributed by atoms with Crippen molar-refractivity contribution in [1.82, 2.24) is 9.97 Å². The zero-order valence-electron chi connectivity index (χ0n) is 11.4. The van der Waals surface area contributed by atoms with E-state index < -0.39 is 0 Å². The Morgan fingerprint density at radius 1 is 1.10 bits per heavy atom. The van der Waals surface area contributed by atoms with Gasteiger partial charge in [-0.15, -0.1) is 0 Å². The fourth-order valence-electron chi connectivity index (χ4n) is 2.06. The second-order valence-corrected chi connectivity index (χ2v) is 4.42. The van der Waals surface area contributed by atoms with Gasteiger partial charge < -0.3 is 10.1 Å². The number of carbonyl (C=O) groups excluding carboxylic acids is 1. The van der Waals surface area contributed by atoms with Crippen molar-refractivity contribution >= 4 is 22.5 Å². The number of benzene rings is 1. The molecule has 0 atom stereocenters. The Morgan fingerprint density at radius 3 is 2.71 bits per heavy atom. The summed E-state index contributed by atoms with van der Waals surface area (Å²) in [5.74, 6) is 0.283. The van der Waals surface area contributed by atoms with Gasteiger partial charge in [0, 0.05) is 17.6 Å². The van der Waals surface area contributed by atoms with Gasteiger partial charge in [-0.3, -0.25) is 9.78 Å². The van der Waals surface area contributed by atoms with Crippen molar-refractivity contribution in [2.24, 2.45) is 0 Å². The van der Waals surface area contributed by atoms with Crippen LogP contribution in [0.15, 0.2) is 54.9 Å². The molecule has 5 nitrogen and oxygen atoms in total. The summed E-state index contributed by atoms with van der Waals surface area (Å²) in [7, 11) is 1.54. The van der Waals surface area contributed by atoms with Crippen LogP contribution in [0, 0.1) is 0 Å². The third-order valence-corrected chi connectivity index (χ3v) is 3.08. The van der Waals surface area contributed by atoms with Crippen molar-refractivity contribution in [2.45, 2.75) is 0 Å². The summed E-state index contributed by atoms with van der Waals surface area (Å²) < 4.78 is 4.98. The SMILES string of the molecule is COc1ccc(NC(=O)c2cccc3cccnc23)cn1. The van der Waals surface area contributed by atoms with Crippen molar-refractivity contribution in [3.05, 3.63) is 60.4 Å². The highest BCUT2D eigenvalue weighted by atomic mass is 16.5. The predicted octanol–water partition coefficient (Wildman–Crippen LogP) is 2.89. The average Bonchev–Trinajstić information content (AvgIpc) is 2.55. The number of nitrogens with zero attached hydrogens (tertiary/aromatic N) is 2. The van der Waals surface area contributed by atoms with E-state index >= 15 is 0 Å². The van der Waals surface area contributed by atoms with E-state index in [9.17, 15) is 4.79 Å². The number of carbonyl (C=O) groups is 1. The number of amides is 1. The molecule has 0 saturated carbocycles. The van der Waals surface area contributed by atoms with Crippen LogP contribution in [-0.4, -0.2) is 23.0 Å². The molecule has 0 bridgehead atoms. The Labute approximate surface area is 121 Å². The van der Waals surface area contributed by atoms with Crippen LogP contribution < -0.4 is 10.1 Å². The molecule has 2 aromatic heterocycles. The van der Waals surface area contributed by atoms with Gasteiger partial charge in [0.05, 0.1) is 30.1 Å². The van der Waals surface area contributed by atoms with Gasteiger partial charge in [0.25, 0.3) is 5.91 Å². The molecule has 0 unspecified atom stereocenters. The lowest BCUT2D eigenvalue weighted by Gasteiger charge is -2.07. The van der Waals surface area contributed by atoms with E-state index in [2.05, 4.69) is 15.3 Å². The van der Waals surface area contributed by atoms with Crippen molar-refractivity contribution < 1.29 is 9.53 Å². The van der Waals surface area contributed by atoms with E-state index in [0.717, 1.165) is 5.39 Å². The number of ether oxygens (including phenoxy) is 1. The van der Waals surface area contributed by atoms with Gasteiger partial charge in [-0.2, -0.15) is 0 Å². The van der Waals surface area contributed by atoms with Crippen LogP contribution in [0.4, 0.5) is 5.69 Å². The first kappa shape index (κ1) is 13.1. The minimum atomic E-state index is -0.216. The van der Waals surface area contributed by atoms with Gasteiger partial charge in [0.2, 0.25) is 5.88 Å². The molecule has 1 N–H and O–H groups in total. The molecule has 0 radical (unpaired) electrons. The summed E-state index contributed by atoms with van der Waals surface area (Å²) in [6.45, 7) is 0. The number of fused-ring (bicyclic) bond motifs is 1. The largest absolute Gasteiger partial charge is 0.481 e. The van der Waals surface area contributed by atoms with E-state index in [1.807, 2.05) is 24.3 Å². The number of hydrogen-bond donors (Lipinski definition) is 1. The van der Waals surface area contributed by atoms with Crippen molar-refractivity contribution in [1.29, 1.82) is 0 Å². The molecule has 1 amide bonds. The van der Waals surface area contributed by atoms with Crippen LogP contribution >= 0.6 is 0 Å². The molecule has 3 rings (SSSR count). The van der Waals surface area contributed by atoms with Crippen molar-refractivity contribution in [3.8, 4) is 5.88 Å². The average molecular weight is 279 g/mol. The first-order valence-corrected chi connectivity index (χ1v) is 6.43. The topological polar surface area (TPSA) is 64.1 Å². The minimum absolute atomic E-state index is 0.216. The van der Waals surface area contributed by atoms with E-state index in [-0.39, 0.29) is 5.91 Å². The number of para-hydroxylation sites is 1. The molecule has 1 aromatic carbocycles. The number of anilines is 1. The molecule has 21 heavy (non-hydrogen) atoms. The van der Waals surface area contributed by atoms with E-state index in [0.29, 0.717) is 22.6 Å². The van der Waals surface area contributed by atoms with Gasteiger partial charge in [-0.05, 0) is 18.2 Å². The monoisotopic (exact) mass is 279 g/mol. The zero-order chi connectivity index (χ0) is 14.7. The van der Waals surface area contributed by atoms with Crippen molar-refractivity contribution in [2.75, 3.05) is 12.4 Å². The fraction of sp³-hybridized carbons (Fsp3) is 0.0625. The number of methoxy groups -OCH3 is 1. The normalized spacial score (nSPS) is 10.3. The van der Waals surface area contributed by atoms with Crippen LogP contribution in [0.25, 0.3) is 10.9 Å². The van der Waals surface area contributed by atoms with E-state index in [1.54, 1.807) is 37.7 Å². The molecule has 0 aliphatic heterocycles. The molecule has 0 aliphatic rings. The van der Waals surface area contributed by atoms with Crippen LogP contribution in [0.1, 0.15) is 10.4 Å². The maximum Gasteiger partial charge on any atom is 0.257 e. The van der Waals surface area contributed by atoms with Crippen LogP contribution in [-0.2, 0) is 0 Å². The number of hydrogen-bond acceptors (Lipinski definition) is 4. The number of nitrogens with one attached hydrogen (secondary N) is 1. The molecule has 0 aliphatic carbocycles. The van der Waals surface area contributed by atoms with E-state index in [1.165, 1.54) is 0 Å². The smallest absolute Gasteiger partial charge is 0.257 e. The van der Waals surface area contributed by atoms with Crippen LogP contribution in [0.3, 0.4) is 0 Å². The number of aromatic nitrogens is 2. The van der Waals surface area contributed by atoms with Gasteiger partial charge in [0.15, 0.2) is 0 Å². The molecule has 3 aromatic rings. The first-order chi connectivity index (χ1) is 10.3. The van der Waals surface area contributed by atoms with Gasteiger partial charge in [-0.1, -0.05) is 18.2 Å². The summed E-state index contributed by atoms with van der Waals surface area (Å²) >= 11 is 0. The Kier molecular flexibility index (Phi) is 3.47. The summed E-state index contributed by atoms with van der Waals surface area (Å²) in [6.07, 6.45) is 3.23. The Balaban J connectivity index is 1.90. The summed E-state index contributed by atoms with van der Waals surface area (Å²) in [5.41, 5.74) is 1.82. The molecule has 5 heteroatoms. The van der Waals surface area contributed by atoms with E-state index in [4.69, 9.17) is 4.74 Å². The molecular weight excluding hydrogens is 266 g/mol. The summed E-state index contributed by atoms with van der Waals surface area (Å²) in [6, 6.07) is 12.7. The van der Waals surface area contributed by atoms with Gasteiger partial charge >= 0.3 is 0 Å². The highest BCUT2D eigenvalue weighted by Gasteiger charge is 2.11. The molecule has 0 spiro atoms. The molecular formula is C16H13N3O2. The molecule has 0 fully saturated rings. The number of pyridine rings is 2. The van der Waals surface area contributed by atoms with Crippen LogP contribution in [0.2, 0.25) is 0 Å². The minimum Gasteiger partial charge on any atom is -0.481 e. The molecule has 0 saturated heterocycles. The van der Waals surface area contributed by atoms with Gasteiger partial charge in [0.1, 0.15) is 0 Å². The molecule has 2 heterocycles. The Hall–Kier alpha value is -2.95. The summed E-state index contributed by atoms with van der Waals surface area (Å²) in [4.78, 5) is 20.7. The van der Waals surface area contributed by atoms with Gasteiger partial charge in [-0.25, -0.2) is 4.98 Å². The molecule has 104 valence electrons. The fourth-order valence-corrected chi connectivity index (χ4v) is 2.06. The van der Waals surface area contributed by atoms with Crippen LogP contribution in [0.5, 0.6) is 5.88 Å². The lowest BCUT2D eigenvalue weighted by molar-refractivity contribution is 0.102. The maximum absolute atomic E-state index is 12.4. The lowest BCUT2D eigenvalue weighted by Crippen LogP contribution is -2.13. The standard InChI is InChI=1S/C16H13N3O2/c1-21-14-8-7-12(10-18-14)19-16(20)13-6-2-4-11-5-3-9-17-15(11)13/h2-10H,1H3,(H,19,20). The Morgan fingerprint density at radius 2 is 1.95 bits per heavy atom. The zero-order valence-corrected chi connectivity index (χ0v) is 11.4. The number of rotatable bonds is 3. The third-order valence-electron chi connectivity index (χ3n) is 3.08. The highest BCUT2D eigenvalue weighted by Crippen LogP contribution is 2.18. The second-order valence-electron chi connectivity index (χ2n) is 4.42. The highest BCUT2D eigenvalue weighted by molar-refractivity contribution is 6.11. The van der Waals surface area contributed by atoms with Crippen molar-refractivity contribution in [3.63, 3.8) is 0 Å². The summed E-state index contributed by atoms with van der Waals surface area (Å²) in [5, 5.41) is 3.73. The predicted molar refractivity (Wildman–Crippen MR) is 80.5 cm³/mol. The maximum atomic E-state index is 12.4.